The molecule has 0 radical (unpaired) electrons. The SMILES string of the molecule is COc1cnccc1C(O)CCCC(F)(F)F. The number of hydrogen-bond donors (Lipinski definition) is 1. The second-order valence-electron chi connectivity index (χ2n) is 3.64. The maximum Gasteiger partial charge on any atom is 0.389 e. The van der Waals surface area contributed by atoms with Gasteiger partial charge in [-0.3, -0.25) is 4.98 Å². The minimum Gasteiger partial charge on any atom is -0.495 e. The molecule has 1 unspecified atom stereocenters. The Kier molecular flexibility index (Phi) is 4.74. The summed E-state index contributed by atoms with van der Waals surface area (Å²) in [7, 11) is 1.42. The number of nitrogens with zero attached hydrogens (tertiary/aromatic N) is 1. The van der Waals surface area contributed by atoms with E-state index >= 15 is 0 Å². The van der Waals surface area contributed by atoms with Crippen molar-refractivity contribution in [3.8, 4) is 5.75 Å². The smallest absolute Gasteiger partial charge is 0.389 e. The summed E-state index contributed by atoms with van der Waals surface area (Å²) in [6.07, 6.45) is -3.22. The lowest BCUT2D eigenvalue weighted by Gasteiger charge is -2.14. The van der Waals surface area contributed by atoms with Gasteiger partial charge in [-0.15, -0.1) is 0 Å². The minimum absolute atomic E-state index is 0.0416. The number of rotatable bonds is 5. The molecule has 1 atom stereocenters. The zero-order valence-electron chi connectivity index (χ0n) is 9.37. The lowest BCUT2D eigenvalue weighted by Crippen LogP contribution is -2.08. The Morgan fingerprint density at radius 2 is 2.18 bits per heavy atom. The van der Waals surface area contributed by atoms with E-state index in [1.807, 2.05) is 0 Å². The predicted molar refractivity (Wildman–Crippen MR) is 55.7 cm³/mol. The van der Waals surface area contributed by atoms with Gasteiger partial charge in [-0.2, -0.15) is 13.2 Å². The highest BCUT2D eigenvalue weighted by molar-refractivity contribution is 5.31. The van der Waals surface area contributed by atoms with Crippen molar-refractivity contribution in [3.05, 3.63) is 24.0 Å². The number of aromatic nitrogens is 1. The van der Waals surface area contributed by atoms with Crippen molar-refractivity contribution in [2.75, 3.05) is 7.11 Å². The molecule has 0 aliphatic rings. The van der Waals surface area contributed by atoms with Crippen LogP contribution in [0.3, 0.4) is 0 Å². The quantitative estimate of drug-likeness (QED) is 0.872. The van der Waals surface area contributed by atoms with Crippen molar-refractivity contribution >= 4 is 0 Å². The molecule has 0 saturated heterocycles. The molecule has 0 spiro atoms. The zero-order valence-corrected chi connectivity index (χ0v) is 9.37. The molecule has 96 valence electrons. The van der Waals surface area contributed by atoms with Crippen LogP contribution >= 0.6 is 0 Å². The lowest BCUT2D eigenvalue weighted by molar-refractivity contribution is -0.136. The molecule has 17 heavy (non-hydrogen) atoms. The van der Waals surface area contributed by atoms with Gasteiger partial charge in [-0.1, -0.05) is 0 Å². The fourth-order valence-electron chi connectivity index (χ4n) is 1.49. The lowest BCUT2D eigenvalue weighted by atomic mass is 10.0. The highest BCUT2D eigenvalue weighted by atomic mass is 19.4. The van der Waals surface area contributed by atoms with Gasteiger partial charge in [0.15, 0.2) is 0 Å². The largest absolute Gasteiger partial charge is 0.495 e. The minimum atomic E-state index is -4.18. The van der Waals surface area contributed by atoms with Gasteiger partial charge in [0, 0.05) is 18.2 Å². The Labute approximate surface area is 97.2 Å². The molecule has 0 fully saturated rings. The number of ether oxygens (including phenoxy) is 1. The van der Waals surface area contributed by atoms with Crippen LogP contribution in [0.1, 0.15) is 30.9 Å². The van der Waals surface area contributed by atoms with Crippen LogP contribution in [0.2, 0.25) is 0 Å². The molecule has 1 rings (SSSR count). The van der Waals surface area contributed by atoms with Gasteiger partial charge in [0.25, 0.3) is 0 Å². The first kappa shape index (κ1) is 13.8. The highest BCUT2D eigenvalue weighted by Gasteiger charge is 2.27. The van der Waals surface area contributed by atoms with E-state index in [9.17, 15) is 18.3 Å². The van der Waals surface area contributed by atoms with Gasteiger partial charge >= 0.3 is 6.18 Å². The molecule has 0 aliphatic carbocycles. The first-order valence-electron chi connectivity index (χ1n) is 5.17. The number of aliphatic hydroxyl groups excluding tert-OH is 1. The summed E-state index contributed by atoms with van der Waals surface area (Å²) in [5.41, 5.74) is 0.463. The van der Waals surface area contributed by atoms with Crippen LogP contribution in [-0.4, -0.2) is 23.4 Å². The average molecular weight is 249 g/mol. The maximum atomic E-state index is 11.9. The van der Waals surface area contributed by atoms with E-state index in [2.05, 4.69) is 4.98 Å². The van der Waals surface area contributed by atoms with Crippen LogP contribution < -0.4 is 4.74 Å². The van der Waals surface area contributed by atoms with E-state index < -0.39 is 18.7 Å². The normalized spacial score (nSPS) is 13.5. The topological polar surface area (TPSA) is 42.4 Å². The molecular weight excluding hydrogens is 235 g/mol. The molecule has 0 amide bonds. The van der Waals surface area contributed by atoms with Crippen molar-refractivity contribution < 1.29 is 23.0 Å². The maximum absolute atomic E-state index is 11.9. The van der Waals surface area contributed by atoms with Gasteiger partial charge < -0.3 is 9.84 Å². The van der Waals surface area contributed by atoms with Crippen LogP contribution in [0, 0.1) is 0 Å². The van der Waals surface area contributed by atoms with Crippen molar-refractivity contribution in [2.45, 2.75) is 31.5 Å². The van der Waals surface area contributed by atoms with E-state index in [1.165, 1.54) is 25.6 Å². The highest BCUT2D eigenvalue weighted by Crippen LogP contribution is 2.29. The predicted octanol–water partition coefficient (Wildman–Crippen LogP) is 2.86. The van der Waals surface area contributed by atoms with Crippen molar-refractivity contribution in [1.82, 2.24) is 4.98 Å². The second-order valence-corrected chi connectivity index (χ2v) is 3.64. The van der Waals surface area contributed by atoms with Gasteiger partial charge in [0.2, 0.25) is 0 Å². The van der Waals surface area contributed by atoms with E-state index in [0.717, 1.165) is 0 Å². The molecule has 0 aliphatic heterocycles. The third kappa shape index (κ3) is 4.60. The third-order valence-corrected chi connectivity index (χ3v) is 2.33. The second kappa shape index (κ2) is 5.86. The summed E-state index contributed by atoms with van der Waals surface area (Å²) in [4.78, 5) is 3.80. The van der Waals surface area contributed by atoms with Gasteiger partial charge in [0.05, 0.1) is 19.4 Å². The van der Waals surface area contributed by atoms with Crippen LogP contribution in [0.5, 0.6) is 5.75 Å². The number of hydrogen-bond acceptors (Lipinski definition) is 3. The monoisotopic (exact) mass is 249 g/mol. The molecule has 0 bridgehead atoms. The molecule has 1 N–H and O–H groups in total. The van der Waals surface area contributed by atoms with Gasteiger partial charge in [-0.25, -0.2) is 0 Å². The molecule has 1 aromatic heterocycles. The fourth-order valence-corrected chi connectivity index (χ4v) is 1.49. The van der Waals surface area contributed by atoms with Crippen molar-refractivity contribution in [3.63, 3.8) is 0 Å². The number of halogens is 3. The number of methoxy groups -OCH3 is 1. The Hall–Kier alpha value is -1.30. The summed E-state index contributed by atoms with van der Waals surface area (Å²) >= 11 is 0. The Bertz CT molecular complexity index is 355. The van der Waals surface area contributed by atoms with E-state index in [1.54, 1.807) is 0 Å². The Morgan fingerprint density at radius 1 is 1.47 bits per heavy atom. The van der Waals surface area contributed by atoms with Crippen LogP contribution in [0.4, 0.5) is 13.2 Å². The van der Waals surface area contributed by atoms with E-state index in [-0.39, 0.29) is 12.8 Å². The molecular formula is C11H14F3NO2. The summed E-state index contributed by atoms with van der Waals surface area (Å²) in [6, 6.07) is 1.54. The van der Waals surface area contributed by atoms with Gasteiger partial charge in [0.1, 0.15) is 5.75 Å². The van der Waals surface area contributed by atoms with Crippen molar-refractivity contribution in [1.29, 1.82) is 0 Å². The molecule has 3 nitrogen and oxygen atoms in total. The molecule has 0 saturated carbocycles. The third-order valence-electron chi connectivity index (χ3n) is 2.33. The summed E-state index contributed by atoms with van der Waals surface area (Å²) in [5.74, 6) is 0.381. The Balaban J connectivity index is 2.55. The van der Waals surface area contributed by atoms with Crippen molar-refractivity contribution in [2.24, 2.45) is 0 Å². The molecule has 6 heteroatoms. The van der Waals surface area contributed by atoms with Gasteiger partial charge in [-0.05, 0) is 18.9 Å². The molecule has 1 heterocycles. The van der Waals surface area contributed by atoms with Crippen LogP contribution in [0.15, 0.2) is 18.5 Å². The summed E-state index contributed by atoms with van der Waals surface area (Å²) < 4.78 is 40.8. The molecule has 0 aromatic carbocycles. The number of pyridine rings is 1. The Morgan fingerprint density at radius 3 is 2.76 bits per heavy atom. The molecule has 1 aromatic rings. The average Bonchev–Trinajstić information content (AvgIpc) is 2.27. The fraction of sp³-hybridized carbons (Fsp3) is 0.545. The first-order chi connectivity index (χ1) is 7.94. The van der Waals surface area contributed by atoms with Crippen LogP contribution in [0.25, 0.3) is 0 Å². The van der Waals surface area contributed by atoms with E-state index in [4.69, 9.17) is 4.74 Å². The summed E-state index contributed by atoms with van der Waals surface area (Å²) in [6.45, 7) is 0. The standard InChI is InChI=1S/C11H14F3NO2/c1-17-10-7-15-6-4-8(10)9(16)3-2-5-11(12,13)14/h4,6-7,9,16H,2-3,5H2,1H3. The van der Waals surface area contributed by atoms with Crippen LogP contribution in [-0.2, 0) is 0 Å². The zero-order chi connectivity index (χ0) is 12.9. The number of aliphatic hydroxyl groups is 1. The van der Waals surface area contributed by atoms with E-state index in [0.29, 0.717) is 11.3 Å². The summed E-state index contributed by atoms with van der Waals surface area (Å²) in [5, 5.41) is 9.75. The first-order valence-corrected chi connectivity index (χ1v) is 5.17. The number of alkyl halides is 3.